The lowest BCUT2D eigenvalue weighted by atomic mass is 10.1. The number of para-hydroxylation sites is 1. The number of nitrogens with zero attached hydrogens (tertiary/aromatic N) is 7. The molecular weight excluding hydrogens is 1140 g/mol. The molecule has 7 aromatic heterocycles. The normalized spacial score (nSPS) is 11.5. The number of carbonyl (C=O) groups is 3. The number of nitrogens with one attached hydrogen (secondary N) is 6. The van der Waals surface area contributed by atoms with Gasteiger partial charge in [-0.25, -0.2) is 62.8 Å². The second kappa shape index (κ2) is 26.3. The molecule has 9 rings (SSSR count). The van der Waals surface area contributed by atoms with Crippen LogP contribution in [-0.2, 0) is 24.2 Å². The minimum Gasteiger partial charge on any atom is -0.455 e. The Kier molecular flexibility index (Phi) is 19.6. The second-order valence-electron chi connectivity index (χ2n) is 22.9. The highest BCUT2D eigenvalue weighted by atomic mass is 35.5. The van der Waals surface area contributed by atoms with Crippen LogP contribution in [0.1, 0.15) is 128 Å². The largest absolute Gasteiger partial charge is 0.455 e. The van der Waals surface area contributed by atoms with Gasteiger partial charge in [0.25, 0.3) is 0 Å². The number of rotatable bonds is 13. The molecule has 8 N–H and O–H groups in total. The first-order valence-electron chi connectivity index (χ1n) is 27.1. The summed E-state index contributed by atoms with van der Waals surface area (Å²) in [5.74, 6) is 0.0457. The third kappa shape index (κ3) is 17.2. The Hall–Kier alpha value is -9.32. The van der Waals surface area contributed by atoms with Crippen LogP contribution in [0.15, 0.2) is 115 Å². The molecule has 0 saturated heterocycles. The van der Waals surface area contributed by atoms with Gasteiger partial charge in [0.05, 0.1) is 33.9 Å². The molecule has 0 amide bonds. The number of nitrogens with two attached hydrogens (primary N) is 1. The minimum atomic E-state index is -3.76. The third-order valence-electron chi connectivity index (χ3n) is 12.3. The van der Waals surface area contributed by atoms with E-state index in [1.165, 1.54) is 12.1 Å². The molecule has 0 aliphatic carbocycles. The van der Waals surface area contributed by atoms with Gasteiger partial charge in [-0.2, -0.15) is 0 Å². The number of benzene rings is 2. The molecule has 0 saturated carbocycles. The predicted molar refractivity (Wildman–Crippen MR) is 333 cm³/mol. The van der Waals surface area contributed by atoms with Crippen molar-refractivity contribution in [2.24, 2.45) is 5.14 Å². The molecule has 0 radical (unpaired) electrons. The molecule has 86 heavy (non-hydrogen) atoms. The molecule has 0 aliphatic rings. The highest BCUT2D eigenvalue weighted by molar-refractivity contribution is 7.89. The Morgan fingerprint density at radius 1 is 0.465 bits per heavy atom. The fourth-order valence-corrected chi connectivity index (χ4v) is 9.39. The van der Waals surface area contributed by atoms with E-state index >= 15 is 0 Å². The third-order valence-corrected chi connectivity index (χ3v) is 13.5. The smallest absolute Gasteiger partial charge is 0.355 e. The Bertz CT molecular complexity index is 4010. The van der Waals surface area contributed by atoms with Gasteiger partial charge in [0.2, 0.25) is 27.9 Å². The summed E-state index contributed by atoms with van der Waals surface area (Å²) in [5.41, 5.74) is 11.1. The number of anilines is 6. The maximum absolute atomic E-state index is 12.5. The maximum atomic E-state index is 12.5. The highest BCUT2D eigenvalue weighted by Gasteiger charge is 2.28. The van der Waals surface area contributed by atoms with E-state index in [1.54, 1.807) is 61.2 Å². The molecular formula is C62H71ClN14O8S. The zero-order chi connectivity index (χ0) is 63.1. The predicted octanol–water partition coefficient (Wildman–Crippen LogP) is 13.1. The number of aromatic amines is 3. The van der Waals surface area contributed by atoms with Crippen LogP contribution in [0.25, 0.3) is 33.8 Å². The van der Waals surface area contributed by atoms with Crippen molar-refractivity contribution >= 4 is 74.4 Å². The van der Waals surface area contributed by atoms with Crippen molar-refractivity contribution in [1.82, 2.24) is 49.8 Å². The first-order valence-corrected chi connectivity index (χ1v) is 29.0. The lowest BCUT2D eigenvalue weighted by Crippen LogP contribution is -2.24. The summed E-state index contributed by atoms with van der Waals surface area (Å²) in [6, 6.07) is 24.5. The van der Waals surface area contributed by atoms with Gasteiger partial charge in [-0.1, -0.05) is 29.8 Å². The van der Waals surface area contributed by atoms with E-state index in [1.807, 2.05) is 140 Å². The molecule has 24 heteroatoms. The summed E-state index contributed by atoms with van der Waals surface area (Å²) in [4.78, 5) is 77.4. The van der Waals surface area contributed by atoms with E-state index in [2.05, 4.69) is 65.8 Å². The quantitative estimate of drug-likeness (QED) is 0.0320. The van der Waals surface area contributed by atoms with Gasteiger partial charge in [0.15, 0.2) is 0 Å². The van der Waals surface area contributed by atoms with Crippen LogP contribution in [-0.4, -0.2) is 93.0 Å². The van der Waals surface area contributed by atoms with Crippen LogP contribution < -0.4 is 21.1 Å². The van der Waals surface area contributed by atoms with Crippen LogP contribution >= 0.6 is 11.6 Å². The van der Waals surface area contributed by atoms with Gasteiger partial charge < -0.3 is 45.1 Å². The lowest BCUT2D eigenvalue weighted by Gasteiger charge is -2.19. The van der Waals surface area contributed by atoms with Crippen LogP contribution in [0.4, 0.5) is 34.9 Å². The number of esters is 3. The number of hydrogen-bond acceptors (Lipinski definition) is 18. The molecule has 7 heterocycles. The van der Waals surface area contributed by atoms with Gasteiger partial charge >= 0.3 is 17.9 Å². The molecule has 0 bridgehead atoms. The monoisotopic (exact) mass is 1210 g/mol. The van der Waals surface area contributed by atoms with Crippen molar-refractivity contribution < 1.29 is 37.0 Å². The fraction of sp³-hybridized carbons (Fsp3) is 0.290. The van der Waals surface area contributed by atoms with E-state index in [9.17, 15) is 22.8 Å². The number of aromatic nitrogens is 10. The lowest BCUT2D eigenvalue weighted by molar-refractivity contribution is 0.00502. The van der Waals surface area contributed by atoms with Gasteiger partial charge in [0.1, 0.15) is 39.0 Å². The van der Waals surface area contributed by atoms with Crippen molar-refractivity contribution in [3.05, 3.63) is 166 Å². The van der Waals surface area contributed by atoms with Crippen molar-refractivity contribution in [2.45, 2.75) is 126 Å². The van der Waals surface area contributed by atoms with Crippen LogP contribution in [0, 0.1) is 41.5 Å². The first-order chi connectivity index (χ1) is 40.2. The number of carbonyl (C=O) groups excluding carboxylic acids is 3. The number of H-pyrrole nitrogens is 3. The van der Waals surface area contributed by atoms with Gasteiger partial charge in [-0.05, 0) is 187 Å². The summed E-state index contributed by atoms with van der Waals surface area (Å²) >= 11 is 5.81. The van der Waals surface area contributed by atoms with Gasteiger partial charge in [-0.15, -0.1) is 0 Å². The molecule has 22 nitrogen and oxygen atoms in total. The maximum Gasteiger partial charge on any atom is 0.355 e. The zero-order valence-corrected chi connectivity index (χ0v) is 52.2. The molecule has 0 atom stereocenters. The van der Waals surface area contributed by atoms with E-state index < -0.39 is 32.8 Å². The number of hydrogen-bond donors (Lipinski definition) is 7. The summed E-state index contributed by atoms with van der Waals surface area (Å²) < 4.78 is 39.2. The molecule has 0 unspecified atom stereocenters. The van der Waals surface area contributed by atoms with E-state index in [0.717, 1.165) is 67.5 Å². The summed E-state index contributed by atoms with van der Waals surface area (Å²) in [6.07, 6.45) is 6.56. The number of aryl methyl sites for hydroxylation is 3. The molecule has 2 aromatic carbocycles. The van der Waals surface area contributed by atoms with E-state index in [-0.39, 0.29) is 16.8 Å². The second-order valence-corrected chi connectivity index (χ2v) is 24.8. The molecule has 9 aromatic rings. The Morgan fingerprint density at radius 3 is 1.10 bits per heavy atom. The molecule has 0 fully saturated rings. The highest BCUT2D eigenvalue weighted by Crippen LogP contribution is 2.33. The van der Waals surface area contributed by atoms with Crippen LogP contribution in [0.3, 0.4) is 0 Å². The Balaban J connectivity index is 0.000000185. The number of sulfonamides is 1. The van der Waals surface area contributed by atoms with Crippen molar-refractivity contribution in [2.75, 3.05) is 16.0 Å². The fourth-order valence-electron chi connectivity index (χ4n) is 8.76. The van der Waals surface area contributed by atoms with E-state index in [0.29, 0.717) is 57.2 Å². The first kappa shape index (κ1) is 64.2. The number of pyridine rings is 1. The van der Waals surface area contributed by atoms with Gasteiger partial charge in [-0.3, -0.25) is 0 Å². The molecule has 0 spiro atoms. The Labute approximate surface area is 505 Å². The SMILES string of the molecule is Cc1[nH]c(C(=O)OC(C)(C)C)c(C)c1-c1ccnc(Nc2ccc(Cl)nc2)n1.Cc1[nH]c(C(=O)OC(C)(C)C)c(C)c1-c1ccnc(Nc2ccc(S(N)(=O)=O)cc2)n1.Cc1[nH]c(C(=O)OC(C)(C)C)c(C)c1-c1ccnc(Nc2ccccc2)n1. The summed E-state index contributed by atoms with van der Waals surface area (Å²) in [6.45, 7) is 27.8. The standard InChI is InChI=1S/C21H25N5O4S.C21H24N4O2.C20H22ClN5O2/c1-12-17(13(2)24-18(12)19(27)30-21(3,4)5)16-10-11-23-20(26-16)25-14-6-8-15(9-7-14)31(22,28)29;1-13-17(14(2)23-18(13)19(26)27-21(3,4)5)16-11-12-22-20(25-16)24-15-9-7-6-8-10-15;1-11-16(12(2)24-17(11)18(27)28-20(3,4)5)14-8-9-22-19(26-14)25-13-6-7-15(21)23-10-13/h6-11,24H,1-5H3,(H2,22,28,29)(H,23,25,26);6-12,23H,1-5H3,(H,22,24,25);6-10,24H,1-5H3,(H,22,25,26). The van der Waals surface area contributed by atoms with E-state index in [4.69, 9.17) is 31.0 Å². The molecule has 450 valence electrons. The number of primary sulfonamides is 1. The van der Waals surface area contributed by atoms with Crippen LogP contribution in [0.5, 0.6) is 0 Å². The zero-order valence-electron chi connectivity index (χ0n) is 50.7. The van der Waals surface area contributed by atoms with Crippen molar-refractivity contribution in [1.29, 1.82) is 0 Å². The Morgan fingerprint density at radius 2 is 0.791 bits per heavy atom. The minimum absolute atomic E-state index is 0.0148. The molecule has 0 aliphatic heterocycles. The topological polar surface area (TPSA) is 313 Å². The van der Waals surface area contributed by atoms with Crippen molar-refractivity contribution in [3.63, 3.8) is 0 Å². The average molecular weight is 1210 g/mol. The van der Waals surface area contributed by atoms with Crippen LogP contribution in [0.2, 0.25) is 5.15 Å². The van der Waals surface area contributed by atoms with Gasteiger partial charge in [0, 0.05) is 63.7 Å². The summed E-state index contributed by atoms with van der Waals surface area (Å²) in [7, 11) is -3.76. The number of halogens is 1. The number of ether oxygens (including phenoxy) is 3. The van der Waals surface area contributed by atoms with Crippen molar-refractivity contribution in [3.8, 4) is 33.8 Å². The average Bonchev–Trinajstić information content (AvgIpc) is 2.14. The summed E-state index contributed by atoms with van der Waals surface area (Å²) in [5, 5.41) is 14.8.